The van der Waals surface area contributed by atoms with Crippen LogP contribution in [0.2, 0.25) is 0 Å². The number of carbonyl (C=O) groups is 1. The Labute approximate surface area is 182 Å². The van der Waals surface area contributed by atoms with Crippen molar-refractivity contribution in [2.45, 2.75) is 13.8 Å². The predicted octanol–water partition coefficient (Wildman–Crippen LogP) is 3.16. The number of aryl methyl sites for hydroxylation is 1. The van der Waals surface area contributed by atoms with E-state index in [4.69, 9.17) is 0 Å². The quantitative estimate of drug-likeness (QED) is 0.460. The van der Waals surface area contributed by atoms with Crippen molar-refractivity contribution in [1.29, 1.82) is 0 Å². The number of fused-ring (bicyclic) bond motifs is 1. The second kappa shape index (κ2) is 7.62. The van der Waals surface area contributed by atoms with Gasteiger partial charge in [0.2, 0.25) is 0 Å². The zero-order valence-corrected chi connectivity index (χ0v) is 17.4. The zero-order valence-electron chi connectivity index (χ0n) is 17.4. The molecule has 0 saturated heterocycles. The van der Waals surface area contributed by atoms with Crippen LogP contribution in [-0.2, 0) is 0 Å². The Hall–Kier alpha value is -4.53. The highest BCUT2D eigenvalue weighted by Gasteiger charge is 2.19. The van der Waals surface area contributed by atoms with Crippen LogP contribution in [0.5, 0.6) is 0 Å². The molecule has 3 aromatic heterocycles. The van der Waals surface area contributed by atoms with E-state index in [0.717, 1.165) is 22.2 Å². The number of rotatable bonds is 4. The van der Waals surface area contributed by atoms with E-state index in [1.165, 1.54) is 4.57 Å². The van der Waals surface area contributed by atoms with E-state index in [1.54, 1.807) is 54.5 Å². The minimum Gasteiger partial charge on any atom is -0.320 e. The Morgan fingerprint density at radius 3 is 2.75 bits per heavy atom. The third-order valence-electron chi connectivity index (χ3n) is 5.32. The summed E-state index contributed by atoms with van der Waals surface area (Å²) in [5, 5.41) is 13.1. The molecule has 0 radical (unpaired) electrons. The van der Waals surface area contributed by atoms with Gasteiger partial charge in [-0.25, -0.2) is 9.48 Å². The van der Waals surface area contributed by atoms with Crippen LogP contribution in [0, 0.1) is 13.8 Å². The number of imidazole rings is 1. The number of carbonyl (C=O) groups excluding carboxylic acids is 1. The van der Waals surface area contributed by atoms with Gasteiger partial charge in [-0.2, -0.15) is 0 Å². The highest BCUT2D eigenvalue weighted by Crippen LogP contribution is 2.23. The van der Waals surface area contributed by atoms with E-state index >= 15 is 0 Å². The molecule has 5 aromatic rings. The van der Waals surface area contributed by atoms with E-state index in [0.29, 0.717) is 17.1 Å². The number of H-pyrrole nitrogens is 1. The summed E-state index contributed by atoms with van der Waals surface area (Å²) in [5.74, 6) is -0.383. The molecule has 0 fully saturated rings. The Balaban J connectivity index is 1.46. The van der Waals surface area contributed by atoms with Crippen LogP contribution in [0.1, 0.15) is 21.9 Å². The molecule has 158 valence electrons. The largest absolute Gasteiger partial charge is 0.330 e. The molecule has 0 bridgehead atoms. The fraction of sp³-hybridized carbons (Fsp3) is 0.0870. The van der Waals surface area contributed by atoms with Gasteiger partial charge in [0.1, 0.15) is 0 Å². The topological polar surface area (TPSA) is 110 Å². The summed E-state index contributed by atoms with van der Waals surface area (Å²) in [6, 6.07) is 14.8. The molecule has 9 heteroatoms. The number of anilines is 1. The fourth-order valence-electron chi connectivity index (χ4n) is 3.75. The average Bonchev–Trinajstić information content (AvgIpc) is 3.35. The van der Waals surface area contributed by atoms with Crippen LogP contribution in [0.4, 0.5) is 5.69 Å². The Morgan fingerprint density at radius 2 is 1.94 bits per heavy atom. The van der Waals surface area contributed by atoms with Gasteiger partial charge in [-0.05, 0) is 44.2 Å². The van der Waals surface area contributed by atoms with Crippen LogP contribution in [0.3, 0.4) is 0 Å². The van der Waals surface area contributed by atoms with Gasteiger partial charge >= 0.3 is 5.69 Å². The van der Waals surface area contributed by atoms with E-state index in [9.17, 15) is 9.59 Å². The molecule has 1 amide bonds. The first-order chi connectivity index (χ1) is 15.5. The lowest BCUT2D eigenvalue weighted by molar-refractivity contribution is 0.102. The Morgan fingerprint density at radius 1 is 1.09 bits per heavy atom. The first kappa shape index (κ1) is 19.4. The maximum atomic E-state index is 13.0. The molecule has 0 aliphatic rings. The molecule has 9 nitrogen and oxygen atoms in total. The van der Waals surface area contributed by atoms with E-state index in [2.05, 4.69) is 25.6 Å². The lowest BCUT2D eigenvalue weighted by Crippen LogP contribution is -2.17. The lowest BCUT2D eigenvalue weighted by Gasteiger charge is -2.09. The summed E-state index contributed by atoms with van der Waals surface area (Å²) in [6.07, 6.45) is 5.14. The molecular formula is C23H19N7O2. The highest BCUT2D eigenvalue weighted by molar-refractivity contribution is 6.03. The first-order valence-corrected chi connectivity index (χ1v) is 9.97. The summed E-state index contributed by atoms with van der Waals surface area (Å²) in [5.41, 5.74) is 3.37. The van der Waals surface area contributed by atoms with Crippen molar-refractivity contribution in [2.24, 2.45) is 0 Å². The molecule has 0 aliphatic heterocycles. The van der Waals surface area contributed by atoms with E-state index in [-0.39, 0.29) is 17.3 Å². The summed E-state index contributed by atoms with van der Waals surface area (Å²) in [4.78, 5) is 31.8. The second-order valence-corrected chi connectivity index (χ2v) is 7.38. The molecular weight excluding hydrogens is 406 g/mol. The number of hydrogen-bond donors (Lipinski definition) is 2. The van der Waals surface area contributed by atoms with Crippen molar-refractivity contribution in [1.82, 2.24) is 29.5 Å². The average molecular weight is 425 g/mol. The molecule has 0 saturated carbocycles. The van der Waals surface area contributed by atoms with E-state index in [1.807, 2.05) is 31.2 Å². The molecule has 32 heavy (non-hydrogen) atoms. The van der Waals surface area contributed by atoms with Gasteiger partial charge in [0, 0.05) is 40.7 Å². The number of hydrogen-bond acceptors (Lipinski definition) is 5. The minimum absolute atomic E-state index is 0.219. The van der Waals surface area contributed by atoms with Gasteiger partial charge in [-0.15, -0.1) is 5.10 Å². The standard InChI is InChI=1S/C23H19N7O2/c1-14-12-25-23(32)29(14)18-7-4-6-17(11-18)26-22(31)21-15(2)30(28-27-21)20-8-3-5-16-13-24-10-9-19(16)20/h3-13H,1-2H3,(H,25,32)(H,26,31). The normalized spacial score (nSPS) is 11.1. The molecule has 0 spiro atoms. The molecule has 2 aromatic carbocycles. The number of aromatic amines is 1. The van der Waals surface area contributed by atoms with Crippen molar-refractivity contribution in [3.63, 3.8) is 0 Å². The number of amides is 1. The lowest BCUT2D eigenvalue weighted by atomic mass is 10.1. The van der Waals surface area contributed by atoms with Gasteiger partial charge in [0.15, 0.2) is 5.69 Å². The van der Waals surface area contributed by atoms with E-state index < -0.39 is 0 Å². The number of pyridine rings is 1. The van der Waals surface area contributed by atoms with Crippen LogP contribution in [-0.4, -0.2) is 35.4 Å². The second-order valence-electron chi connectivity index (χ2n) is 7.38. The first-order valence-electron chi connectivity index (χ1n) is 9.97. The third kappa shape index (κ3) is 3.25. The molecule has 0 atom stereocenters. The van der Waals surface area contributed by atoms with Gasteiger partial charge in [-0.1, -0.05) is 23.4 Å². The molecule has 0 aliphatic carbocycles. The van der Waals surface area contributed by atoms with Crippen LogP contribution >= 0.6 is 0 Å². The maximum absolute atomic E-state index is 13.0. The number of aromatic nitrogens is 6. The van der Waals surface area contributed by atoms with Crippen LogP contribution in [0.25, 0.3) is 22.1 Å². The van der Waals surface area contributed by atoms with Gasteiger partial charge in [0.25, 0.3) is 5.91 Å². The smallest absolute Gasteiger partial charge is 0.320 e. The zero-order chi connectivity index (χ0) is 22.2. The fourth-order valence-corrected chi connectivity index (χ4v) is 3.75. The minimum atomic E-state index is -0.383. The summed E-state index contributed by atoms with van der Waals surface area (Å²) in [7, 11) is 0. The van der Waals surface area contributed by atoms with Crippen molar-refractivity contribution in [3.8, 4) is 11.4 Å². The monoisotopic (exact) mass is 425 g/mol. The van der Waals surface area contributed by atoms with Crippen molar-refractivity contribution in [2.75, 3.05) is 5.32 Å². The Bertz CT molecular complexity index is 1520. The molecule has 2 N–H and O–H groups in total. The van der Waals surface area contributed by atoms with Crippen LogP contribution in [0.15, 0.2) is 71.9 Å². The predicted molar refractivity (Wildman–Crippen MR) is 120 cm³/mol. The number of nitrogens with zero attached hydrogens (tertiary/aromatic N) is 5. The Kier molecular flexibility index (Phi) is 4.63. The summed E-state index contributed by atoms with van der Waals surface area (Å²) in [6.45, 7) is 3.63. The third-order valence-corrected chi connectivity index (χ3v) is 5.32. The van der Waals surface area contributed by atoms with Crippen LogP contribution < -0.4 is 11.0 Å². The number of benzene rings is 2. The SMILES string of the molecule is Cc1c(C(=O)Nc2cccc(-n3c(C)c[nH]c3=O)c2)nnn1-c1cccc2cnccc12. The number of nitrogens with one attached hydrogen (secondary N) is 2. The summed E-state index contributed by atoms with van der Waals surface area (Å²) >= 11 is 0. The van der Waals surface area contributed by atoms with Gasteiger partial charge in [0.05, 0.1) is 17.1 Å². The van der Waals surface area contributed by atoms with Crippen molar-refractivity contribution < 1.29 is 4.79 Å². The summed E-state index contributed by atoms with van der Waals surface area (Å²) < 4.78 is 3.18. The maximum Gasteiger partial charge on any atom is 0.330 e. The molecule has 5 rings (SSSR count). The highest BCUT2D eigenvalue weighted by atomic mass is 16.2. The van der Waals surface area contributed by atoms with Gasteiger partial charge in [-0.3, -0.25) is 14.3 Å². The van der Waals surface area contributed by atoms with Gasteiger partial charge < -0.3 is 10.3 Å². The van der Waals surface area contributed by atoms with Crippen molar-refractivity contribution >= 4 is 22.4 Å². The molecule has 0 unspecified atom stereocenters. The van der Waals surface area contributed by atoms with Crippen molar-refractivity contribution in [3.05, 3.63) is 94.7 Å². The molecule has 3 heterocycles.